The Balaban J connectivity index is 1.81. The Labute approximate surface area is 146 Å². The molecule has 2 aliphatic heterocycles. The van der Waals surface area contributed by atoms with E-state index in [2.05, 4.69) is 10.7 Å². The predicted octanol–water partition coefficient (Wildman–Crippen LogP) is -0.488. The number of nitrogens with one attached hydrogen (secondary N) is 2. The van der Waals surface area contributed by atoms with Gasteiger partial charge < -0.3 is 15.0 Å². The van der Waals surface area contributed by atoms with Gasteiger partial charge in [-0.3, -0.25) is 19.9 Å². The van der Waals surface area contributed by atoms with Crippen LogP contribution in [0, 0.1) is 0 Å². The van der Waals surface area contributed by atoms with E-state index >= 15 is 0 Å². The molecule has 0 aliphatic carbocycles. The Bertz CT molecular complexity index is 561. The number of nitrogens with zero attached hydrogens (tertiary/aromatic N) is 3. The second-order valence-electron chi connectivity index (χ2n) is 6.25. The summed E-state index contributed by atoms with van der Waals surface area (Å²) in [6.45, 7) is 7.46. The van der Waals surface area contributed by atoms with Gasteiger partial charge in [-0.15, -0.1) is 0 Å². The molecule has 10 nitrogen and oxygen atoms in total. The van der Waals surface area contributed by atoms with Crippen molar-refractivity contribution in [2.75, 3.05) is 39.3 Å². The molecular weight excluding hydrogens is 330 g/mol. The van der Waals surface area contributed by atoms with Crippen LogP contribution in [0.15, 0.2) is 0 Å². The van der Waals surface area contributed by atoms with E-state index < -0.39 is 23.4 Å². The molecule has 2 saturated heterocycles. The van der Waals surface area contributed by atoms with Crippen LogP contribution in [0.4, 0.5) is 9.59 Å². The van der Waals surface area contributed by atoms with Crippen molar-refractivity contribution < 1.29 is 23.9 Å². The van der Waals surface area contributed by atoms with Crippen LogP contribution >= 0.6 is 0 Å². The molecule has 2 N–H and O–H groups in total. The van der Waals surface area contributed by atoms with E-state index in [1.807, 2.05) is 4.90 Å². The molecule has 0 aromatic heterocycles. The van der Waals surface area contributed by atoms with Crippen molar-refractivity contribution >= 4 is 23.9 Å². The first-order chi connectivity index (χ1) is 11.8. The summed E-state index contributed by atoms with van der Waals surface area (Å²) in [5, 5.41) is 3.31. The molecule has 1 atom stereocenters. The Morgan fingerprint density at radius 3 is 2.36 bits per heavy atom. The van der Waals surface area contributed by atoms with Gasteiger partial charge in [-0.1, -0.05) is 6.92 Å². The number of hydrogen-bond donors (Lipinski definition) is 2. The zero-order chi connectivity index (χ0) is 18.6. The molecule has 25 heavy (non-hydrogen) atoms. The lowest BCUT2D eigenvalue weighted by atomic mass is 10.00. The van der Waals surface area contributed by atoms with E-state index in [-0.39, 0.29) is 12.6 Å². The SMILES string of the molecule is CCOC(=O)N1CCN(CC(=O)NN2C(=O)NC(C)(CC)C2=O)CC1. The summed E-state index contributed by atoms with van der Waals surface area (Å²) in [6.07, 6.45) is 0.0736. The molecule has 1 unspecified atom stereocenters. The monoisotopic (exact) mass is 355 g/mol. The van der Waals surface area contributed by atoms with Crippen LogP contribution in [0.25, 0.3) is 0 Å². The van der Waals surface area contributed by atoms with Gasteiger partial charge in [0, 0.05) is 26.2 Å². The van der Waals surface area contributed by atoms with Gasteiger partial charge in [-0.05, 0) is 20.3 Å². The number of rotatable bonds is 5. The van der Waals surface area contributed by atoms with Crippen molar-refractivity contribution in [1.82, 2.24) is 25.6 Å². The molecule has 0 aromatic rings. The van der Waals surface area contributed by atoms with Gasteiger partial charge in [-0.2, -0.15) is 5.01 Å². The van der Waals surface area contributed by atoms with Gasteiger partial charge in [-0.25, -0.2) is 9.59 Å². The Kier molecular flexibility index (Phi) is 5.83. The molecule has 0 bridgehead atoms. The zero-order valence-corrected chi connectivity index (χ0v) is 14.8. The smallest absolute Gasteiger partial charge is 0.409 e. The first kappa shape index (κ1) is 19.0. The van der Waals surface area contributed by atoms with E-state index in [1.165, 1.54) is 0 Å². The highest BCUT2D eigenvalue weighted by Crippen LogP contribution is 2.19. The number of ether oxygens (including phenoxy) is 1. The van der Waals surface area contributed by atoms with E-state index in [4.69, 9.17) is 4.74 Å². The third-order valence-corrected chi connectivity index (χ3v) is 4.47. The van der Waals surface area contributed by atoms with E-state index in [0.29, 0.717) is 39.2 Å². The first-order valence-electron chi connectivity index (χ1n) is 8.41. The van der Waals surface area contributed by atoms with Gasteiger partial charge in [0.2, 0.25) is 0 Å². The summed E-state index contributed by atoms with van der Waals surface area (Å²) in [6, 6.07) is -0.630. The van der Waals surface area contributed by atoms with Crippen LogP contribution in [0.5, 0.6) is 0 Å². The molecule has 0 spiro atoms. The fraction of sp³-hybridized carbons (Fsp3) is 0.733. The van der Waals surface area contributed by atoms with Crippen LogP contribution in [0.1, 0.15) is 27.2 Å². The largest absolute Gasteiger partial charge is 0.450 e. The van der Waals surface area contributed by atoms with Crippen molar-refractivity contribution in [2.45, 2.75) is 32.7 Å². The standard InChI is InChI=1S/C15H25N5O5/c1-4-15(3)12(22)20(13(23)16-15)17-11(21)10-18-6-8-19(9-7-18)14(24)25-5-2/h4-10H2,1-3H3,(H,16,23)(H,17,21). The third-order valence-electron chi connectivity index (χ3n) is 4.47. The van der Waals surface area contributed by atoms with Crippen LogP contribution in [-0.2, 0) is 14.3 Å². The van der Waals surface area contributed by atoms with Gasteiger partial charge in [0.15, 0.2) is 0 Å². The number of carbonyl (C=O) groups excluding carboxylic acids is 4. The fourth-order valence-corrected chi connectivity index (χ4v) is 2.69. The highest BCUT2D eigenvalue weighted by Gasteiger charge is 2.47. The molecule has 2 fully saturated rings. The molecule has 2 rings (SSSR count). The molecular formula is C15H25N5O5. The second-order valence-corrected chi connectivity index (χ2v) is 6.25. The number of urea groups is 1. The Morgan fingerprint density at radius 1 is 1.20 bits per heavy atom. The number of hydrogen-bond acceptors (Lipinski definition) is 6. The number of imide groups is 1. The number of piperazine rings is 1. The maximum absolute atomic E-state index is 12.2. The molecule has 10 heteroatoms. The lowest BCUT2D eigenvalue weighted by Gasteiger charge is -2.33. The van der Waals surface area contributed by atoms with Crippen molar-refractivity contribution in [3.8, 4) is 0 Å². The highest BCUT2D eigenvalue weighted by atomic mass is 16.6. The van der Waals surface area contributed by atoms with E-state index in [0.717, 1.165) is 5.01 Å². The number of hydrazine groups is 1. The molecule has 0 radical (unpaired) electrons. The van der Waals surface area contributed by atoms with Gasteiger partial charge in [0.1, 0.15) is 5.54 Å². The Morgan fingerprint density at radius 2 is 1.84 bits per heavy atom. The molecule has 0 saturated carbocycles. The number of amides is 5. The summed E-state index contributed by atoms with van der Waals surface area (Å²) in [5.41, 5.74) is 1.36. The summed E-state index contributed by atoms with van der Waals surface area (Å²) >= 11 is 0. The second kappa shape index (κ2) is 7.68. The maximum atomic E-state index is 12.2. The number of carbonyl (C=O) groups is 4. The van der Waals surface area contributed by atoms with Crippen molar-refractivity contribution in [2.24, 2.45) is 0 Å². The van der Waals surface area contributed by atoms with Crippen LogP contribution in [-0.4, -0.2) is 83.6 Å². The van der Waals surface area contributed by atoms with Crippen molar-refractivity contribution in [1.29, 1.82) is 0 Å². The van der Waals surface area contributed by atoms with Gasteiger partial charge in [0.25, 0.3) is 11.8 Å². The zero-order valence-electron chi connectivity index (χ0n) is 14.8. The molecule has 5 amide bonds. The summed E-state index contributed by atoms with van der Waals surface area (Å²) in [7, 11) is 0. The highest BCUT2D eigenvalue weighted by molar-refractivity contribution is 6.07. The van der Waals surface area contributed by atoms with Gasteiger partial charge in [0.05, 0.1) is 13.2 Å². The molecule has 2 heterocycles. The third kappa shape index (κ3) is 4.19. The van der Waals surface area contributed by atoms with Crippen LogP contribution in [0.2, 0.25) is 0 Å². The fourth-order valence-electron chi connectivity index (χ4n) is 2.69. The van der Waals surface area contributed by atoms with E-state index in [1.54, 1.807) is 25.7 Å². The maximum Gasteiger partial charge on any atom is 0.409 e. The lowest BCUT2D eigenvalue weighted by Crippen LogP contribution is -2.54. The summed E-state index contributed by atoms with van der Waals surface area (Å²) < 4.78 is 4.94. The average Bonchev–Trinajstić information content (AvgIpc) is 2.79. The minimum absolute atomic E-state index is 0.0383. The summed E-state index contributed by atoms with van der Waals surface area (Å²) in [5.74, 6) is -0.922. The summed E-state index contributed by atoms with van der Waals surface area (Å²) in [4.78, 5) is 51.3. The van der Waals surface area contributed by atoms with Crippen molar-refractivity contribution in [3.05, 3.63) is 0 Å². The topological polar surface area (TPSA) is 111 Å². The minimum Gasteiger partial charge on any atom is -0.450 e. The van der Waals surface area contributed by atoms with Crippen LogP contribution in [0.3, 0.4) is 0 Å². The molecule has 0 aromatic carbocycles. The predicted molar refractivity (Wildman–Crippen MR) is 87.3 cm³/mol. The molecule has 2 aliphatic rings. The normalized spacial score (nSPS) is 24.3. The van der Waals surface area contributed by atoms with Crippen molar-refractivity contribution in [3.63, 3.8) is 0 Å². The van der Waals surface area contributed by atoms with E-state index in [9.17, 15) is 19.2 Å². The first-order valence-corrected chi connectivity index (χ1v) is 8.41. The quantitative estimate of drug-likeness (QED) is 0.644. The minimum atomic E-state index is -0.990. The lowest BCUT2D eigenvalue weighted by molar-refractivity contribution is -0.139. The average molecular weight is 355 g/mol. The van der Waals surface area contributed by atoms with Crippen LogP contribution < -0.4 is 10.7 Å². The van der Waals surface area contributed by atoms with Gasteiger partial charge >= 0.3 is 12.1 Å². The molecule has 140 valence electrons. The Hall–Kier alpha value is -2.36.